The van der Waals surface area contributed by atoms with Crippen LogP contribution in [0.15, 0.2) is 53.0 Å². The van der Waals surface area contributed by atoms with E-state index in [1.54, 1.807) is 12.1 Å². The topological polar surface area (TPSA) is 55.4 Å². The van der Waals surface area contributed by atoms with Crippen molar-refractivity contribution in [2.45, 2.75) is 32.2 Å². The van der Waals surface area contributed by atoms with Gasteiger partial charge in [0.25, 0.3) is 0 Å². The molecule has 0 aromatic heterocycles. The lowest BCUT2D eigenvalue weighted by Crippen LogP contribution is -2.24. The Labute approximate surface area is 146 Å². The summed E-state index contributed by atoms with van der Waals surface area (Å²) in [5, 5.41) is 0. The van der Waals surface area contributed by atoms with Gasteiger partial charge in [-0.3, -0.25) is 0 Å². The molecule has 0 unspecified atom stereocenters. The molecule has 0 aliphatic heterocycles. The van der Waals surface area contributed by atoms with Gasteiger partial charge in [-0.2, -0.15) is 0 Å². The zero-order valence-corrected chi connectivity index (χ0v) is 15.5. The van der Waals surface area contributed by atoms with Crippen molar-refractivity contribution in [2.75, 3.05) is 0 Å². The van der Waals surface area contributed by atoms with Gasteiger partial charge in [-0.1, -0.05) is 40.2 Å². The van der Waals surface area contributed by atoms with Crippen LogP contribution in [0.4, 0.5) is 0 Å². The van der Waals surface area contributed by atoms with Crippen LogP contribution in [0.25, 0.3) is 0 Å². The summed E-state index contributed by atoms with van der Waals surface area (Å²) in [6.45, 7) is 4.15. The summed E-state index contributed by atoms with van der Waals surface area (Å²) in [6.07, 6.45) is 0.0827. The number of ether oxygens (including phenoxy) is 1. The molecule has 0 bridgehead atoms. The Morgan fingerprint density at radius 1 is 1.09 bits per heavy atom. The van der Waals surface area contributed by atoms with Gasteiger partial charge in [0.15, 0.2) is 0 Å². The first-order valence-electron chi connectivity index (χ1n) is 7.31. The van der Waals surface area contributed by atoms with Gasteiger partial charge in [-0.25, -0.2) is 13.1 Å². The molecule has 0 amide bonds. The molecule has 0 aliphatic rings. The quantitative estimate of drug-likeness (QED) is 0.771. The highest BCUT2D eigenvalue weighted by molar-refractivity contribution is 9.10. The largest absolute Gasteiger partial charge is 0.491 e. The van der Waals surface area contributed by atoms with Crippen LogP contribution in [0.2, 0.25) is 0 Å². The van der Waals surface area contributed by atoms with E-state index in [9.17, 15) is 8.42 Å². The fourth-order valence-corrected chi connectivity index (χ4v) is 3.43. The first-order chi connectivity index (χ1) is 10.8. The van der Waals surface area contributed by atoms with Gasteiger partial charge in [-0.15, -0.1) is 0 Å². The van der Waals surface area contributed by atoms with Crippen molar-refractivity contribution >= 4 is 26.0 Å². The Hall–Kier alpha value is -1.37. The molecule has 6 heteroatoms. The third-order valence-electron chi connectivity index (χ3n) is 3.04. The van der Waals surface area contributed by atoms with Gasteiger partial charge in [0, 0.05) is 11.0 Å². The summed E-state index contributed by atoms with van der Waals surface area (Å²) in [5.41, 5.74) is 1.61. The lowest BCUT2D eigenvalue weighted by Gasteiger charge is -2.11. The fourth-order valence-electron chi connectivity index (χ4n) is 2.05. The van der Waals surface area contributed by atoms with Crippen LogP contribution in [0.1, 0.15) is 25.0 Å². The molecule has 0 aliphatic carbocycles. The minimum Gasteiger partial charge on any atom is -0.491 e. The molecule has 0 fully saturated rings. The van der Waals surface area contributed by atoms with Gasteiger partial charge in [-0.05, 0) is 49.2 Å². The standard InChI is InChI=1S/C17H20BrNO3S/c1-13(2)22-17-5-3-4-15(10-17)11-19-23(20,21)12-14-6-8-16(18)9-7-14/h3-10,13,19H,11-12H2,1-2H3. The second-order valence-corrected chi connectivity index (χ2v) is 8.24. The Morgan fingerprint density at radius 2 is 1.78 bits per heavy atom. The fraction of sp³-hybridized carbons (Fsp3) is 0.294. The third kappa shape index (κ3) is 6.33. The highest BCUT2D eigenvalue weighted by Gasteiger charge is 2.11. The van der Waals surface area contributed by atoms with Crippen LogP contribution in [0.5, 0.6) is 5.75 Å². The van der Waals surface area contributed by atoms with Crippen LogP contribution in [0, 0.1) is 0 Å². The molecule has 4 nitrogen and oxygen atoms in total. The van der Waals surface area contributed by atoms with Gasteiger partial charge in [0.2, 0.25) is 10.0 Å². The van der Waals surface area contributed by atoms with Gasteiger partial charge in [0.1, 0.15) is 5.75 Å². The summed E-state index contributed by atoms with van der Waals surface area (Å²) >= 11 is 3.33. The van der Waals surface area contributed by atoms with Crippen molar-refractivity contribution < 1.29 is 13.2 Å². The van der Waals surface area contributed by atoms with E-state index < -0.39 is 10.0 Å². The van der Waals surface area contributed by atoms with E-state index in [-0.39, 0.29) is 18.4 Å². The summed E-state index contributed by atoms with van der Waals surface area (Å²) < 4.78 is 33.5. The smallest absolute Gasteiger partial charge is 0.216 e. The molecule has 124 valence electrons. The highest BCUT2D eigenvalue weighted by Crippen LogP contribution is 2.16. The molecular weight excluding hydrogens is 378 g/mol. The van der Waals surface area contributed by atoms with Gasteiger partial charge < -0.3 is 4.74 Å². The van der Waals surface area contributed by atoms with Crippen LogP contribution in [-0.2, 0) is 22.3 Å². The zero-order chi connectivity index (χ0) is 16.9. The van der Waals surface area contributed by atoms with E-state index in [0.29, 0.717) is 0 Å². The number of nitrogens with one attached hydrogen (secondary N) is 1. The minimum atomic E-state index is -3.39. The lowest BCUT2D eigenvalue weighted by molar-refractivity contribution is 0.242. The number of rotatable bonds is 7. The molecule has 0 spiro atoms. The maximum Gasteiger partial charge on any atom is 0.216 e. The van der Waals surface area contributed by atoms with Crippen LogP contribution in [0.3, 0.4) is 0 Å². The first kappa shape index (κ1) is 18.0. The summed E-state index contributed by atoms with van der Waals surface area (Å²) in [6, 6.07) is 14.7. The normalized spacial score (nSPS) is 11.7. The summed E-state index contributed by atoms with van der Waals surface area (Å²) in [4.78, 5) is 0. The third-order valence-corrected chi connectivity index (χ3v) is 4.86. The Kier molecular flexibility index (Phi) is 6.21. The monoisotopic (exact) mass is 397 g/mol. The Balaban J connectivity index is 1.97. The van der Waals surface area contributed by atoms with E-state index in [2.05, 4.69) is 20.7 Å². The van der Waals surface area contributed by atoms with E-state index in [4.69, 9.17) is 4.74 Å². The molecule has 2 rings (SSSR count). The second kappa shape index (κ2) is 7.95. The van der Waals surface area contributed by atoms with Crippen molar-refractivity contribution in [2.24, 2.45) is 0 Å². The molecule has 0 saturated heterocycles. The number of hydrogen-bond acceptors (Lipinski definition) is 3. The van der Waals surface area contributed by atoms with Crippen LogP contribution < -0.4 is 9.46 Å². The molecular formula is C17H20BrNO3S. The first-order valence-corrected chi connectivity index (χ1v) is 9.76. The molecule has 2 aromatic rings. The molecule has 2 aromatic carbocycles. The number of sulfonamides is 1. The molecule has 23 heavy (non-hydrogen) atoms. The Bertz CT molecular complexity index is 743. The predicted octanol–water partition coefficient (Wildman–Crippen LogP) is 3.86. The van der Waals surface area contributed by atoms with Crippen molar-refractivity contribution in [1.82, 2.24) is 4.72 Å². The summed E-state index contributed by atoms with van der Waals surface area (Å²) in [5.74, 6) is 0.701. The maximum absolute atomic E-state index is 12.2. The van der Waals surface area contributed by atoms with E-state index >= 15 is 0 Å². The number of hydrogen-bond donors (Lipinski definition) is 1. The van der Waals surface area contributed by atoms with E-state index in [0.717, 1.165) is 21.3 Å². The maximum atomic E-state index is 12.2. The predicted molar refractivity (Wildman–Crippen MR) is 95.8 cm³/mol. The summed E-state index contributed by atoms with van der Waals surface area (Å²) in [7, 11) is -3.39. The van der Waals surface area contributed by atoms with Crippen LogP contribution >= 0.6 is 15.9 Å². The molecule has 1 N–H and O–H groups in total. The lowest BCUT2D eigenvalue weighted by atomic mass is 10.2. The van der Waals surface area contributed by atoms with Gasteiger partial charge >= 0.3 is 0 Å². The average Bonchev–Trinajstić information content (AvgIpc) is 2.47. The molecule has 0 saturated carbocycles. The molecule has 0 heterocycles. The number of halogens is 1. The molecule has 0 radical (unpaired) electrons. The number of benzene rings is 2. The van der Waals surface area contributed by atoms with Gasteiger partial charge in [0.05, 0.1) is 11.9 Å². The van der Waals surface area contributed by atoms with Crippen molar-refractivity contribution in [3.63, 3.8) is 0 Å². The van der Waals surface area contributed by atoms with Crippen LogP contribution in [-0.4, -0.2) is 14.5 Å². The van der Waals surface area contributed by atoms with Crippen molar-refractivity contribution in [3.05, 3.63) is 64.1 Å². The average molecular weight is 398 g/mol. The van der Waals surface area contributed by atoms with Crippen molar-refractivity contribution in [3.8, 4) is 5.75 Å². The minimum absolute atomic E-state index is 0.0392. The molecule has 0 atom stereocenters. The zero-order valence-electron chi connectivity index (χ0n) is 13.1. The van der Waals surface area contributed by atoms with Crippen molar-refractivity contribution in [1.29, 1.82) is 0 Å². The highest BCUT2D eigenvalue weighted by atomic mass is 79.9. The van der Waals surface area contributed by atoms with E-state index in [1.165, 1.54) is 0 Å². The Morgan fingerprint density at radius 3 is 2.43 bits per heavy atom. The van der Waals surface area contributed by atoms with E-state index in [1.807, 2.05) is 50.2 Å². The second-order valence-electron chi connectivity index (χ2n) is 5.52. The SMILES string of the molecule is CC(C)Oc1cccc(CNS(=O)(=O)Cc2ccc(Br)cc2)c1.